The van der Waals surface area contributed by atoms with E-state index in [4.69, 9.17) is 9.47 Å². The Morgan fingerprint density at radius 1 is 0.947 bits per heavy atom. The average molecular weight is 274 g/mol. The van der Waals surface area contributed by atoms with E-state index in [2.05, 4.69) is 6.92 Å². The maximum atomic E-state index is 11.3. The van der Waals surface area contributed by atoms with Gasteiger partial charge in [0.2, 0.25) is 0 Å². The smallest absolute Gasteiger partial charge is 0.335 e. The van der Waals surface area contributed by atoms with Crippen LogP contribution in [0, 0.1) is 0 Å². The molecule has 0 aromatic rings. The van der Waals surface area contributed by atoms with Gasteiger partial charge in [0.1, 0.15) is 0 Å². The van der Waals surface area contributed by atoms with Crippen molar-refractivity contribution in [1.82, 2.24) is 0 Å². The molecular weight excluding hydrogens is 248 g/mol. The highest BCUT2D eigenvalue weighted by Crippen LogP contribution is 2.02. The summed E-state index contributed by atoms with van der Waals surface area (Å²) < 4.78 is 9.73. The van der Waals surface area contributed by atoms with Crippen LogP contribution >= 0.6 is 0 Å². The molecule has 0 unspecified atom stereocenters. The quantitative estimate of drug-likeness (QED) is 0.462. The lowest BCUT2D eigenvalue weighted by Gasteiger charge is -2.10. The van der Waals surface area contributed by atoms with Crippen LogP contribution in [-0.4, -0.2) is 36.4 Å². The van der Waals surface area contributed by atoms with Gasteiger partial charge in [0.25, 0.3) is 0 Å². The summed E-state index contributed by atoms with van der Waals surface area (Å²) >= 11 is 0. The van der Waals surface area contributed by atoms with E-state index in [1.54, 1.807) is 0 Å². The number of unbranched alkanes of at least 4 members (excludes halogenated alkanes) is 4. The molecule has 0 aliphatic carbocycles. The number of carbonyl (C=O) groups is 2. The van der Waals surface area contributed by atoms with Crippen molar-refractivity contribution >= 4 is 11.9 Å². The minimum Gasteiger partial charge on any atom is -0.466 e. The van der Waals surface area contributed by atoms with E-state index in [1.165, 1.54) is 0 Å². The number of hydrogen-bond donors (Lipinski definition) is 1. The Balaban J connectivity index is 3.64. The van der Waals surface area contributed by atoms with Crippen LogP contribution in [0.25, 0.3) is 0 Å². The van der Waals surface area contributed by atoms with E-state index in [1.807, 2.05) is 6.92 Å². The van der Waals surface area contributed by atoms with Gasteiger partial charge in [0.15, 0.2) is 6.10 Å². The van der Waals surface area contributed by atoms with Gasteiger partial charge in [-0.2, -0.15) is 0 Å². The summed E-state index contributed by atoms with van der Waals surface area (Å²) in [5, 5.41) is 9.45. The second kappa shape index (κ2) is 12.0. The van der Waals surface area contributed by atoms with Gasteiger partial charge >= 0.3 is 11.9 Å². The van der Waals surface area contributed by atoms with E-state index in [0.717, 1.165) is 38.5 Å². The summed E-state index contributed by atoms with van der Waals surface area (Å²) in [7, 11) is 0. The lowest BCUT2D eigenvalue weighted by molar-refractivity contribution is -0.160. The van der Waals surface area contributed by atoms with Gasteiger partial charge in [0.05, 0.1) is 19.6 Å². The molecule has 0 saturated heterocycles. The summed E-state index contributed by atoms with van der Waals surface area (Å²) in [6.07, 6.45) is 3.98. The SMILES string of the molecule is CCCCCCOC(=O)C[C@H](O)C(=O)OCCCC. The molecule has 112 valence electrons. The Morgan fingerprint density at radius 3 is 2.21 bits per heavy atom. The third-order valence-electron chi connectivity index (χ3n) is 2.64. The Labute approximate surface area is 115 Å². The molecule has 19 heavy (non-hydrogen) atoms. The van der Waals surface area contributed by atoms with Crippen LogP contribution in [0.3, 0.4) is 0 Å². The Morgan fingerprint density at radius 2 is 1.58 bits per heavy atom. The standard InChI is InChI=1S/C14H26O5/c1-3-5-7-8-10-18-13(16)11-12(15)14(17)19-9-6-4-2/h12,15H,3-11H2,1-2H3/t12-/m0/s1. The maximum Gasteiger partial charge on any atom is 0.335 e. The van der Waals surface area contributed by atoms with E-state index in [-0.39, 0.29) is 13.0 Å². The third kappa shape index (κ3) is 10.5. The molecule has 5 nitrogen and oxygen atoms in total. The van der Waals surface area contributed by atoms with E-state index < -0.39 is 18.0 Å². The maximum absolute atomic E-state index is 11.3. The normalized spacial score (nSPS) is 11.9. The summed E-state index contributed by atoms with van der Waals surface area (Å²) in [5.74, 6) is -1.31. The largest absolute Gasteiger partial charge is 0.466 e. The number of aliphatic hydroxyl groups excluding tert-OH is 1. The molecule has 0 saturated carbocycles. The van der Waals surface area contributed by atoms with Crippen molar-refractivity contribution in [3.8, 4) is 0 Å². The molecule has 0 fully saturated rings. The van der Waals surface area contributed by atoms with E-state index in [0.29, 0.717) is 6.61 Å². The topological polar surface area (TPSA) is 72.8 Å². The number of ether oxygens (including phenoxy) is 2. The highest BCUT2D eigenvalue weighted by molar-refractivity contribution is 5.81. The van der Waals surface area contributed by atoms with Gasteiger partial charge in [0, 0.05) is 0 Å². The van der Waals surface area contributed by atoms with Gasteiger partial charge in [-0.05, 0) is 12.8 Å². The number of hydrogen-bond acceptors (Lipinski definition) is 5. The predicted octanol–water partition coefficient (Wildman–Crippen LogP) is 2.20. The lowest BCUT2D eigenvalue weighted by Crippen LogP contribution is -2.27. The molecular formula is C14H26O5. The van der Waals surface area contributed by atoms with Crippen LogP contribution in [-0.2, 0) is 19.1 Å². The first kappa shape index (κ1) is 17.9. The molecule has 0 aromatic heterocycles. The molecule has 0 aliphatic heterocycles. The molecule has 0 bridgehead atoms. The molecule has 0 radical (unpaired) electrons. The summed E-state index contributed by atoms with van der Waals surface area (Å²) in [4.78, 5) is 22.6. The minimum atomic E-state index is -1.42. The minimum absolute atomic E-state index is 0.276. The number of aliphatic hydroxyl groups is 1. The highest BCUT2D eigenvalue weighted by atomic mass is 16.6. The second-order valence-electron chi connectivity index (χ2n) is 4.52. The lowest BCUT2D eigenvalue weighted by atomic mass is 10.2. The first-order valence-corrected chi connectivity index (χ1v) is 7.12. The van der Waals surface area contributed by atoms with Crippen molar-refractivity contribution in [3.05, 3.63) is 0 Å². The van der Waals surface area contributed by atoms with Crippen molar-refractivity contribution in [2.75, 3.05) is 13.2 Å². The van der Waals surface area contributed by atoms with Gasteiger partial charge < -0.3 is 14.6 Å². The number of esters is 2. The zero-order valence-corrected chi connectivity index (χ0v) is 12.0. The van der Waals surface area contributed by atoms with Gasteiger partial charge in [-0.25, -0.2) is 4.79 Å². The summed E-state index contributed by atoms with van der Waals surface area (Å²) in [6.45, 7) is 4.70. The predicted molar refractivity (Wildman–Crippen MR) is 71.6 cm³/mol. The van der Waals surface area contributed by atoms with Crippen LogP contribution in [0.4, 0.5) is 0 Å². The van der Waals surface area contributed by atoms with Crippen molar-refractivity contribution in [1.29, 1.82) is 0 Å². The van der Waals surface area contributed by atoms with Crippen LogP contribution in [0.2, 0.25) is 0 Å². The highest BCUT2D eigenvalue weighted by Gasteiger charge is 2.21. The molecule has 0 aliphatic rings. The van der Waals surface area contributed by atoms with Crippen molar-refractivity contribution in [2.45, 2.75) is 64.9 Å². The third-order valence-corrected chi connectivity index (χ3v) is 2.64. The Kier molecular flexibility index (Phi) is 11.3. The number of rotatable bonds is 11. The monoisotopic (exact) mass is 274 g/mol. The molecule has 0 spiro atoms. The fraction of sp³-hybridized carbons (Fsp3) is 0.857. The molecule has 5 heteroatoms. The molecule has 1 atom stereocenters. The van der Waals surface area contributed by atoms with E-state index >= 15 is 0 Å². The Bertz CT molecular complexity index is 252. The van der Waals surface area contributed by atoms with Crippen molar-refractivity contribution in [2.24, 2.45) is 0 Å². The van der Waals surface area contributed by atoms with Crippen LogP contribution in [0.5, 0.6) is 0 Å². The second-order valence-corrected chi connectivity index (χ2v) is 4.52. The Hall–Kier alpha value is -1.10. The zero-order chi connectivity index (χ0) is 14.5. The van der Waals surface area contributed by atoms with Crippen LogP contribution < -0.4 is 0 Å². The van der Waals surface area contributed by atoms with Crippen molar-refractivity contribution in [3.63, 3.8) is 0 Å². The molecule has 0 heterocycles. The molecule has 1 N–H and O–H groups in total. The van der Waals surface area contributed by atoms with E-state index in [9.17, 15) is 14.7 Å². The van der Waals surface area contributed by atoms with Crippen LogP contribution in [0.15, 0.2) is 0 Å². The van der Waals surface area contributed by atoms with Crippen LogP contribution in [0.1, 0.15) is 58.8 Å². The molecule has 0 amide bonds. The van der Waals surface area contributed by atoms with Crippen molar-refractivity contribution < 1.29 is 24.2 Å². The molecule has 0 aromatic carbocycles. The fourth-order valence-electron chi connectivity index (χ4n) is 1.43. The summed E-state index contributed by atoms with van der Waals surface area (Å²) in [6, 6.07) is 0. The van der Waals surface area contributed by atoms with Gasteiger partial charge in [-0.1, -0.05) is 39.5 Å². The zero-order valence-electron chi connectivity index (χ0n) is 12.0. The first-order chi connectivity index (χ1) is 9.11. The molecule has 0 rings (SSSR count). The fourth-order valence-corrected chi connectivity index (χ4v) is 1.43. The van der Waals surface area contributed by atoms with Gasteiger partial charge in [-0.15, -0.1) is 0 Å². The number of carbonyl (C=O) groups excluding carboxylic acids is 2. The summed E-state index contributed by atoms with van der Waals surface area (Å²) in [5.41, 5.74) is 0. The van der Waals surface area contributed by atoms with Gasteiger partial charge in [-0.3, -0.25) is 4.79 Å². The average Bonchev–Trinajstić information content (AvgIpc) is 2.38. The first-order valence-electron chi connectivity index (χ1n) is 7.12.